The topological polar surface area (TPSA) is 130 Å². The van der Waals surface area contributed by atoms with Gasteiger partial charge in [-0.25, -0.2) is 0 Å². The number of morpholine rings is 1. The number of aromatic nitrogens is 1. The molecule has 0 saturated carbocycles. The number of nitrogens with zero attached hydrogens (tertiary/aromatic N) is 3. The van der Waals surface area contributed by atoms with Crippen molar-refractivity contribution in [3.63, 3.8) is 0 Å². The smallest absolute Gasteiger partial charge is 0.290 e. The van der Waals surface area contributed by atoms with E-state index >= 15 is 0 Å². The van der Waals surface area contributed by atoms with Gasteiger partial charge in [-0.15, -0.1) is 0 Å². The molecule has 0 spiro atoms. The van der Waals surface area contributed by atoms with E-state index in [-0.39, 0.29) is 31.6 Å². The Labute approximate surface area is 170 Å². The van der Waals surface area contributed by atoms with Crippen molar-refractivity contribution in [2.24, 2.45) is 0 Å². The number of carbonyl (C=O) groups excluding carboxylic acids is 1. The molecule has 10 heteroatoms. The van der Waals surface area contributed by atoms with Gasteiger partial charge in [-0.05, 0) is 30.5 Å². The molecule has 2 fully saturated rings. The number of carbonyl (C=O) groups is 3. The lowest BCUT2D eigenvalue weighted by molar-refractivity contribution is -0.135. The molecule has 0 aliphatic carbocycles. The normalized spacial score (nSPS) is 21.2. The summed E-state index contributed by atoms with van der Waals surface area (Å²) in [7, 11) is 1.56. The summed E-state index contributed by atoms with van der Waals surface area (Å²) in [5.41, 5.74) is 1.28. The van der Waals surface area contributed by atoms with Crippen molar-refractivity contribution in [1.29, 1.82) is 0 Å². The number of methoxy groups -OCH3 is 1. The van der Waals surface area contributed by atoms with Crippen LogP contribution in [0.15, 0.2) is 24.5 Å². The molecule has 0 radical (unpaired) electrons. The van der Waals surface area contributed by atoms with Crippen molar-refractivity contribution in [2.45, 2.75) is 31.5 Å². The first-order valence-corrected chi connectivity index (χ1v) is 9.28. The predicted molar refractivity (Wildman–Crippen MR) is 103 cm³/mol. The summed E-state index contributed by atoms with van der Waals surface area (Å²) in [6, 6.07) is 4.50. The summed E-state index contributed by atoms with van der Waals surface area (Å²) in [6.07, 6.45) is 5.74. The van der Waals surface area contributed by atoms with Gasteiger partial charge >= 0.3 is 0 Å². The Kier molecular flexibility index (Phi) is 12.2. The maximum absolute atomic E-state index is 12.1. The van der Waals surface area contributed by atoms with Gasteiger partial charge in [0, 0.05) is 51.7 Å². The van der Waals surface area contributed by atoms with E-state index in [1.807, 2.05) is 17.3 Å². The third-order valence-corrected chi connectivity index (χ3v) is 4.74. The molecule has 2 aliphatic rings. The quantitative estimate of drug-likeness (QED) is 0.673. The highest BCUT2D eigenvalue weighted by molar-refractivity contribution is 5.77. The van der Waals surface area contributed by atoms with E-state index in [0.29, 0.717) is 6.04 Å². The van der Waals surface area contributed by atoms with Crippen LogP contribution in [0.25, 0.3) is 0 Å². The van der Waals surface area contributed by atoms with Gasteiger partial charge in [0.15, 0.2) is 0 Å². The summed E-state index contributed by atoms with van der Waals surface area (Å²) in [4.78, 5) is 37.3. The molecule has 2 aliphatic heterocycles. The molecule has 10 nitrogen and oxygen atoms in total. The molecule has 3 heterocycles. The number of likely N-dealkylation sites (tertiary alicyclic amines) is 1. The maximum Gasteiger partial charge on any atom is 0.290 e. The molecule has 162 valence electrons. The largest absolute Gasteiger partial charge is 0.483 e. The van der Waals surface area contributed by atoms with Crippen LogP contribution in [-0.4, -0.2) is 96.0 Å². The van der Waals surface area contributed by atoms with Crippen LogP contribution in [0.5, 0.6) is 0 Å². The zero-order valence-corrected chi connectivity index (χ0v) is 16.6. The van der Waals surface area contributed by atoms with Crippen LogP contribution >= 0.6 is 0 Å². The van der Waals surface area contributed by atoms with E-state index in [4.69, 9.17) is 29.3 Å². The first-order chi connectivity index (χ1) is 14.1. The van der Waals surface area contributed by atoms with Gasteiger partial charge in [0.25, 0.3) is 12.9 Å². The molecule has 0 aromatic carbocycles. The molecule has 2 N–H and O–H groups in total. The van der Waals surface area contributed by atoms with E-state index < -0.39 is 0 Å². The minimum Gasteiger partial charge on any atom is -0.483 e. The molecule has 2 atom stereocenters. The van der Waals surface area contributed by atoms with Gasteiger partial charge in [-0.2, -0.15) is 0 Å². The SMILES string of the molecule is COCC(=O)N1CCC2OCCN(Cc3ccncc3)C2CC1.O=CO.O=CO. The van der Waals surface area contributed by atoms with Crippen LogP contribution in [0.4, 0.5) is 0 Å². The Balaban J connectivity index is 0.000000626. The number of fused-ring (bicyclic) bond motifs is 1. The molecule has 1 aromatic rings. The zero-order valence-electron chi connectivity index (χ0n) is 16.6. The number of rotatable bonds is 4. The number of hydrogen-bond donors (Lipinski definition) is 2. The van der Waals surface area contributed by atoms with Gasteiger partial charge in [0.2, 0.25) is 5.91 Å². The molecule has 2 saturated heterocycles. The number of amides is 1. The summed E-state index contributed by atoms with van der Waals surface area (Å²) in [5.74, 6) is 0.0758. The highest BCUT2D eigenvalue weighted by atomic mass is 16.5. The number of ether oxygens (including phenoxy) is 2. The number of pyridine rings is 1. The first kappa shape index (κ1) is 24.5. The zero-order chi connectivity index (χ0) is 21.5. The highest BCUT2D eigenvalue weighted by Crippen LogP contribution is 2.25. The van der Waals surface area contributed by atoms with Crippen LogP contribution in [0.3, 0.4) is 0 Å². The van der Waals surface area contributed by atoms with Gasteiger partial charge in [0.1, 0.15) is 6.61 Å². The second-order valence-corrected chi connectivity index (χ2v) is 6.40. The molecule has 2 unspecified atom stereocenters. The van der Waals surface area contributed by atoms with Gasteiger partial charge in [0.05, 0.1) is 12.7 Å². The van der Waals surface area contributed by atoms with Crippen LogP contribution < -0.4 is 0 Å². The average molecular weight is 411 g/mol. The highest BCUT2D eigenvalue weighted by Gasteiger charge is 2.35. The summed E-state index contributed by atoms with van der Waals surface area (Å²) in [6.45, 7) is 3.82. The van der Waals surface area contributed by atoms with Crippen LogP contribution in [0.2, 0.25) is 0 Å². The lowest BCUT2D eigenvalue weighted by atomic mass is 10.0. The summed E-state index contributed by atoms with van der Waals surface area (Å²) in [5, 5.41) is 13.8. The van der Waals surface area contributed by atoms with E-state index in [1.165, 1.54) is 5.56 Å². The van der Waals surface area contributed by atoms with Crippen LogP contribution in [0, 0.1) is 0 Å². The fourth-order valence-electron chi connectivity index (χ4n) is 3.54. The standard InChI is InChI=1S/C17H25N3O3.2CH2O2/c1-22-13-17(21)19-8-4-15-16(5-9-19)23-11-10-20(15)12-14-2-6-18-7-3-14;2*2-1-3/h2-3,6-7,15-16H,4-5,8-13H2,1H3;2*1H,(H,2,3). The fourth-order valence-corrected chi connectivity index (χ4v) is 3.54. The van der Waals surface area contributed by atoms with E-state index in [1.54, 1.807) is 7.11 Å². The molecule has 29 heavy (non-hydrogen) atoms. The summed E-state index contributed by atoms with van der Waals surface area (Å²) < 4.78 is 11.0. The molecule has 1 aromatic heterocycles. The Bertz CT molecular complexity index is 597. The molecule has 1 amide bonds. The van der Waals surface area contributed by atoms with Crippen molar-refractivity contribution >= 4 is 18.9 Å². The molecular formula is C19H29N3O7. The minimum absolute atomic E-state index is 0.0758. The second kappa shape index (κ2) is 14.4. The Morgan fingerprint density at radius 2 is 1.83 bits per heavy atom. The van der Waals surface area contributed by atoms with Gasteiger partial charge < -0.3 is 24.6 Å². The van der Waals surface area contributed by atoms with Crippen molar-refractivity contribution < 1.29 is 34.1 Å². The summed E-state index contributed by atoms with van der Waals surface area (Å²) >= 11 is 0. The lowest BCUT2D eigenvalue weighted by Gasteiger charge is -2.40. The van der Waals surface area contributed by atoms with Crippen molar-refractivity contribution in [2.75, 3.05) is 40.0 Å². The Morgan fingerprint density at radius 1 is 1.21 bits per heavy atom. The third kappa shape index (κ3) is 8.55. The minimum atomic E-state index is -0.250. The van der Waals surface area contributed by atoms with Crippen LogP contribution in [0.1, 0.15) is 18.4 Å². The van der Waals surface area contributed by atoms with Crippen molar-refractivity contribution in [3.8, 4) is 0 Å². The van der Waals surface area contributed by atoms with Crippen molar-refractivity contribution in [1.82, 2.24) is 14.8 Å². The monoisotopic (exact) mass is 411 g/mol. The Morgan fingerprint density at radius 3 is 2.45 bits per heavy atom. The lowest BCUT2D eigenvalue weighted by Crippen LogP contribution is -2.50. The second-order valence-electron chi connectivity index (χ2n) is 6.40. The maximum atomic E-state index is 12.1. The fraction of sp³-hybridized carbons (Fsp3) is 0.579. The molecule has 0 bridgehead atoms. The Hall–Kier alpha value is -2.56. The van der Waals surface area contributed by atoms with E-state index in [9.17, 15) is 4.79 Å². The van der Waals surface area contributed by atoms with Crippen LogP contribution in [-0.2, 0) is 30.4 Å². The number of hydrogen-bond acceptors (Lipinski definition) is 7. The first-order valence-electron chi connectivity index (χ1n) is 9.28. The molecular weight excluding hydrogens is 382 g/mol. The number of carboxylic acid groups (broad SMARTS) is 2. The van der Waals surface area contributed by atoms with Crippen molar-refractivity contribution in [3.05, 3.63) is 30.1 Å². The predicted octanol–water partition coefficient (Wildman–Crippen LogP) is 0.321. The van der Waals surface area contributed by atoms with E-state index in [0.717, 1.165) is 45.6 Å². The third-order valence-electron chi connectivity index (χ3n) is 4.74. The molecule has 3 rings (SSSR count). The van der Waals surface area contributed by atoms with E-state index in [2.05, 4.69) is 22.0 Å². The average Bonchev–Trinajstić information content (AvgIpc) is 2.94. The van der Waals surface area contributed by atoms with Gasteiger partial charge in [-0.1, -0.05) is 0 Å². The van der Waals surface area contributed by atoms with Gasteiger partial charge in [-0.3, -0.25) is 24.3 Å².